The van der Waals surface area contributed by atoms with Crippen molar-refractivity contribution in [3.8, 4) is 5.75 Å². The summed E-state index contributed by atoms with van der Waals surface area (Å²) in [6.45, 7) is 8.00. The highest BCUT2D eigenvalue weighted by Crippen LogP contribution is 2.26. The number of hydrogen-bond acceptors (Lipinski definition) is 6. The zero-order chi connectivity index (χ0) is 25.1. The lowest BCUT2D eigenvalue weighted by Crippen LogP contribution is -2.21. The number of carbonyl (C=O) groups excluding carboxylic acids is 4. The molecule has 0 saturated heterocycles. The van der Waals surface area contributed by atoms with Gasteiger partial charge in [0.05, 0.1) is 12.2 Å². The number of hydrogen-bond donors (Lipinski definition) is 0. The number of benzene rings is 2. The smallest absolute Gasteiger partial charge is 0.433 e. The molecule has 0 N–H and O–H groups in total. The first kappa shape index (κ1) is 27.0. The van der Waals surface area contributed by atoms with Crippen molar-refractivity contribution in [1.29, 1.82) is 0 Å². The molecular formula is C28H34O6. The van der Waals surface area contributed by atoms with Gasteiger partial charge in [0.2, 0.25) is 0 Å². The van der Waals surface area contributed by atoms with Gasteiger partial charge < -0.3 is 9.47 Å². The molecule has 0 aliphatic rings. The van der Waals surface area contributed by atoms with Crippen molar-refractivity contribution in [3.63, 3.8) is 0 Å². The summed E-state index contributed by atoms with van der Waals surface area (Å²) in [4.78, 5) is 49.8. The average Bonchev–Trinajstić information content (AvgIpc) is 2.81. The molecule has 2 aromatic carbocycles. The average molecular weight is 467 g/mol. The summed E-state index contributed by atoms with van der Waals surface area (Å²) in [7, 11) is 0. The van der Waals surface area contributed by atoms with E-state index in [2.05, 4.69) is 6.92 Å². The molecule has 34 heavy (non-hydrogen) atoms. The minimum Gasteiger partial charge on any atom is -0.433 e. The predicted octanol–water partition coefficient (Wildman–Crippen LogP) is 6.83. The van der Waals surface area contributed by atoms with Crippen LogP contribution in [0.2, 0.25) is 0 Å². The highest BCUT2D eigenvalue weighted by atomic mass is 16.7. The van der Waals surface area contributed by atoms with Crippen LogP contribution in [0.5, 0.6) is 5.75 Å². The van der Waals surface area contributed by atoms with Gasteiger partial charge in [-0.2, -0.15) is 0 Å². The third kappa shape index (κ3) is 8.25. The molecular weight excluding hydrogens is 432 g/mol. The fourth-order valence-corrected chi connectivity index (χ4v) is 3.35. The Kier molecular flexibility index (Phi) is 10.2. The van der Waals surface area contributed by atoms with Crippen LogP contribution in [0.1, 0.15) is 103 Å². The van der Waals surface area contributed by atoms with Crippen LogP contribution in [0.25, 0.3) is 0 Å². The Bertz CT molecular complexity index is 1020. The van der Waals surface area contributed by atoms with Gasteiger partial charge in [-0.3, -0.25) is 14.4 Å². The molecule has 0 heterocycles. The van der Waals surface area contributed by atoms with Gasteiger partial charge in [0, 0.05) is 23.1 Å². The van der Waals surface area contributed by atoms with Gasteiger partial charge in [-0.1, -0.05) is 77.6 Å². The highest BCUT2D eigenvalue weighted by molar-refractivity contribution is 6.15. The van der Waals surface area contributed by atoms with Crippen LogP contribution in [0.4, 0.5) is 4.79 Å². The van der Waals surface area contributed by atoms with E-state index < -0.39 is 11.9 Å². The summed E-state index contributed by atoms with van der Waals surface area (Å²) < 4.78 is 10.5. The molecule has 0 aromatic heterocycles. The van der Waals surface area contributed by atoms with Crippen molar-refractivity contribution in [2.45, 2.75) is 66.2 Å². The molecule has 0 fully saturated rings. The molecule has 0 spiro atoms. The van der Waals surface area contributed by atoms with Gasteiger partial charge in [0.25, 0.3) is 0 Å². The van der Waals surface area contributed by atoms with E-state index >= 15 is 0 Å². The van der Waals surface area contributed by atoms with Crippen LogP contribution in [-0.4, -0.2) is 30.6 Å². The quantitative estimate of drug-likeness (QED) is 0.112. The van der Waals surface area contributed by atoms with E-state index in [4.69, 9.17) is 9.47 Å². The SMILES string of the molecule is CCCCCCCC(=O)c1ccc(OC(=O)OCC(C)(C)C)c(C(=O)c2ccccc2C=O)c1. The van der Waals surface area contributed by atoms with Crippen LogP contribution in [0, 0.1) is 5.41 Å². The summed E-state index contributed by atoms with van der Waals surface area (Å²) >= 11 is 0. The van der Waals surface area contributed by atoms with Gasteiger partial charge in [-0.25, -0.2) is 4.79 Å². The number of carbonyl (C=O) groups is 4. The van der Waals surface area contributed by atoms with Crippen molar-refractivity contribution >= 4 is 24.0 Å². The maximum Gasteiger partial charge on any atom is 0.513 e. The predicted molar refractivity (Wildman–Crippen MR) is 131 cm³/mol. The van der Waals surface area contributed by atoms with E-state index in [9.17, 15) is 19.2 Å². The Morgan fingerprint density at radius 1 is 0.912 bits per heavy atom. The number of ketones is 2. The highest BCUT2D eigenvalue weighted by Gasteiger charge is 2.23. The molecule has 2 rings (SSSR count). The lowest BCUT2D eigenvalue weighted by molar-refractivity contribution is 0.0681. The molecule has 0 amide bonds. The van der Waals surface area contributed by atoms with Gasteiger partial charge in [0.15, 0.2) is 17.9 Å². The maximum atomic E-state index is 13.4. The zero-order valence-electron chi connectivity index (χ0n) is 20.5. The third-order valence-electron chi connectivity index (χ3n) is 5.20. The second-order valence-corrected chi connectivity index (χ2v) is 9.53. The zero-order valence-corrected chi connectivity index (χ0v) is 20.5. The van der Waals surface area contributed by atoms with E-state index in [-0.39, 0.29) is 40.2 Å². The maximum absolute atomic E-state index is 13.4. The lowest BCUT2D eigenvalue weighted by Gasteiger charge is -2.18. The first-order valence-corrected chi connectivity index (χ1v) is 11.8. The van der Waals surface area contributed by atoms with E-state index in [1.54, 1.807) is 18.2 Å². The number of unbranched alkanes of at least 4 members (excludes halogenated alkanes) is 4. The normalized spacial score (nSPS) is 11.1. The summed E-state index contributed by atoms with van der Waals surface area (Å²) in [5.74, 6) is -0.626. The molecule has 2 aromatic rings. The Labute approximate surface area is 201 Å². The van der Waals surface area contributed by atoms with Gasteiger partial charge in [0.1, 0.15) is 5.75 Å². The minimum atomic E-state index is -0.942. The molecule has 0 radical (unpaired) electrons. The Morgan fingerprint density at radius 2 is 1.62 bits per heavy atom. The molecule has 0 atom stereocenters. The van der Waals surface area contributed by atoms with Gasteiger partial charge in [-0.15, -0.1) is 0 Å². The van der Waals surface area contributed by atoms with Crippen molar-refractivity contribution in [3.05, 3.63) is 64.7 Å². The lowest BCUT2D eigenvalue weighted by atomic mass is 9.95. The fraction of sp³-hybridized carbons (Fsp3) is 0.429. The van der Waals surface area contributed by atoms with Crippen molar-refractivity contribution in [1.82, 2.24) is 0 Å². The molecule has 0 aliphatic carbocycles. The molecule has 0 saturated carbocycles. The first-order chi connectivity index (χ1) is 16.2. The Hall–Kier alpha value is -3.28. The second-order valence-electron chi connectivity index (χ2n) is 9.53. The largest absolute Gasteiger partial charge is 0.513 e. The number of ether oxygens (including phenoxy) is 2. The van der Waals surface area contributed by atoms with Crippen LogP contribution in [0.3, 0.4) is 0 Å². The van der Waals surface area contributed by atoms with Crippen LogP contribution >= 0.6 is 0 Å². The molecule has 6 heteroatoms. The Morgan fingerprint density at radius 3 is 2.29 bits per heavy atom. The summed E-state index contributed by atoms with van der Waals surface area (Å²) in [5, 5.41) is 0. The first-order valence-electron chi connectivity index (χ1n) is 11.8. The topological polar surface area (TPSA) is 86.7 Å². The number of Topliss-reactive ketones (excluding diaryl/α,β-unsaturated/α-hetero) is 1. The van der Waals surface area contributed by atoms with Crippen molar-refractivity contribution in [2.75, 3.05) is 6.61 Å². The molecule has 0 aliphatic heterocycles. The number of rotatable bonds is 12. The summed E-state index contributed by atoms with van der Waals surface area (Å²) in [6, 6.07) is 10.8. The third-order valence-corrected chi connectivity index (χ3v) is 5.20. The Balaban J connectivity index is 2.32. The number of aldehydes is 1. The standard InChI is InChI=1S/C28H34O6/c1-5-6-7-8-9-14-24(30)20-15-16-25(34-27(32)33-19-28(2,3)4)23(17-20)26(31)22-13-11-10-12-21(22)18-29/h10-13,15-18H,5-9,14,19H2,1-4H3. The van der Waals surface area contributed by atoms with Crippen LogP contribution in [0.15, 0.2) is 42.5 Å². The summed E-state index contributed by atoms with van der Waals surface area (Å²) in [5.41, 5.74) is 0.501. The van der Waals surface area contributed by atoms with Crippen LogP contribution < -0.4 is 4.74 Å². The van der Waals surface area contributed by atoms with E-state index in [1.807, 2.05) is 20.8 Å². The monoisotopic (exact) mass is 466 g/mol. The van der Waals surface area contributed by atoms with Crippen LogP contribution in [-0.2, 0) is 4.74 Å². The van der Waals surface area contributed by atoms with E-state index in [0.29, 0.717) is 18.3 Å². The van der Waals surface area contributed by atoms with Gasteiger partial charge >= 0.3 is 6.16 Å². The van der Waals surface area contributed by atoms with Crippen molar-refractivity contribution < 1.29 is 28.7 Å². The fourth-order valence-electron chi connectivity index (χ4n) is 3.35. The van der Waals surface area contributed by atoms with Crippen molar-refractivity contribution in [2.24, 2.45) is 5.41 Å². The van der Waals surface area contributed by atoms with E-state index in [0.717, 1.165) is 32.1 Å². The molecule has 0 bridgehead atoms. The van der Waals surface area contributed by atoms with E-state index in [1.165, 1.54) is 24.3 Å². The molecule has 6 nitrogen and oxygen atoms in total. The molecule has 182 valence electrons. The second kappa shape index (κ2) is 12.8. The minimum absolute atomic E-state index is 0.0240. The molecule has 0 unspecified atom stereocenters. The van der Waals surface area contributed by atoms with Gasteiger partial charge in [-0.05, 0) is 30.0 Å². The summed E-state index contributed by atoms with van der Waals surface area (Å²) in [6.07, 6.45) is 5.11.